The molecule has 0 amide bonds. The van der Waals surface area contributed by atoms with Crippen LogP contribution in [0.1, 0.15) is 30.4 Å². The molecule has 0 aliphatic rings. The summed E-state index contributed by atoms with van der Waals surface area (Å²) in [5.41, 5.74) is 2.88. The highest BCUT2D eigenvalue weighted by Crippen LogP contribution is 2.25. The summed E-state index contributed by atoms with van der Waals surface area (Å²) in [6, 6.07) is 13.6. The summed E-state index contributed by atoms with van der Waals surface area (Å²) >= 11 is 1.78. The Balaban J connectivity index is 2.14. The highest BCUT2D eigenvalue weighted by atomic mass is 32.1. The van der Waals surface area contributed by atoms with E-state index >= 15 is 0 Å². The third kappa shape index (κ3) is 3.21. The first kappa shape index (κ1) is 13.3. The van der Waals surface area contributed by atoms with Gasteiger partial charge in [0.05, 0.1) is 0 Å². The van der Waals surface area contributed by atoms with Gasteiger partial charge in [0.25, 0.3) is 0 Å². The van der Waals surface area contributed by atoms with E-state index in [2.05, 4.69) is 66.4 Å². The maximum atomic E-state index is 3.49. The predicted molar refractivity (Wildman–Crippen MR) is 80.3 cm³/mol. The zero-order chi connectivity index (χ0) is 12.8. The van der Waals surface area contributed by atoms with Crippen molar-refractivity contribution >= 4 is 11.3 Å². The van der Waals surface area contributed by atoms with Crippen molar-refractivity contribution in [3.05, 3.63) is 58.3 Å². The van der Waals surface area contributed by atoms with Crippen molar-refractivity contribution < 1.29 is 0 Å². The second-order valence-electron chi connectivity index (χ2n) is 4.66. The zero-order valence-electron chi connectivity index (χ0n) is 11.1. The second kappa shape index (κ2) is 6.72. The normalized spacial score (nSPS) is 14.3. The molecule has 1 N–H and O–H groups in total. The van der Waals surface area contributed by atoms with E-state index in [1.807, 2.05) is 0 Å². The fourth-order valence-electron chi connectivity index (χ4n) is 2.56. The lowest BCUT2D eigenvalue weighted by atomic mass is 9.86. The van der Waals surface area contributed by atoms with Crippen molar-refractivity contribution in [1.82, 2.24) is 5.32 Å². The Hall–Kier alpha value is -1.12. The molecule has 1 aromatic heterocycles. The fourth-order valence-corrected chi connectivity index (χ4v) is 3.24. The minimum absolute atomic E-state index is 0.506. The van der Waals surface area contributed by atoms with E-state index in [-0.39, 0.29) is 0 Å². The lowest BCUT2D eigenvalue weighted by Crippen LogP contribution is -2.33. The first-order valence-electron chi connectivity index (χ1n) is 6.58. The Morgan fingerprint density at radius 1 is 1.17 bits per heavy atom. The molecule has 96 valence electrons. The van der Waals surface area contributed by atoms with E-state index in [0.29, 0.717) is 12.0 Å². The molecule has 1 heterocycles. The van der Waals surface area contributed by atoms with Crippen molar-refractivity contribution in [2.45, 2.75) is 31.7 Å². The molecule has 2 heteroatoms. The number of thiophene rings is 1. The van der Waals surface area contributed by atoms with E-state index in [1.54, 1.807) is 11.3 Å². The highest BCUT2D eigenvalue weighted by Gasteiger charge is 2.20. The lowest BCUT2D eigenvalue weighted by Gasteiger charge is -2.26. The number of nitrogens with one attached hydrogen (secondary N) is 1. The van der Waals surface area contributed by atoms with Crippen LogP contribution in [0.4, 0.5) is 0 Å². The zero-order valence-corrected chi connectivity index (χ0v) is 11.9. The maximum absolute atomic E-state index is 3.49. The molecule has 0 radical (unpaired) electrons. The van der Waals surface area contributed by atoms with Crippen molar-refractivity contribution in [2.24, 2.45) is 0 Å². The Labute approximate surface area is 114 Å². The third-order valence-corrected chi connectivity index (χ3v) is 4.29. The van der Waals surface area contributed by atoms with Crippen LogP contribution in [0, 0.1) is 0 Å². The van der Waals surface area contributed by atoms with Gasteiger partial charge in [-0.2, -0.15) is 11.3 Å². The van der Waals surface area contributed by atoms with Gasteiger partial charge in [-0.05, 0) is 53.8 Å². The molecule has 0 saturated heterocycles. The molecule has 2 unspecified atom stereocenters. The summed E-state index contributed by atoms with van der Waals surface area (Å²) in [6.45, 7) is 2.27. The second-order valence-corrected chi connectivity index (χ2v) is 5.44. The molecular weight excluding hydrogens is 238 g/mol. The summed E-state index contributed by atoms with van der Waals surface area (Å²) in [7, 11) is 2.07. The smallest absolute Gasteiger partial charge is 0.0173 e. The third-order valence-electron chi connectivity index (χ3n) is 3.56. The molecule has 2 rings (SSSR count). The monoisotopic (exact) mass is 259 g/mol. The van der Waals surface area contributed by atoms with Crippen LogP contribution in [0.5, 0.6) is 0 Å². The molecule has 1 nitrogen and oxygen atoms in total. The Morgan fingerprint density at radius 2 is 1.94 bits per heavy atom. The van der Waals surface area contributed by atoms with Gasteiger partial charge in [-0.3, -0.25) is 0 Å². The van der Waals surface area contributed by atoms with Crippen molar-refractivity contribution in [3.63, 3.8) is 0 Å². The molecule has 0 saturated carbocycles. The van der Waals surface area contributed by atoms with Gasteiger partial charge in [0.15, 0.2) is 0 Å². The topological polar surface area (TPSA) is 12.0 Å². The van der Waals surface area contributed by atoms with E-state index in [4.69, 9.17) is 0 Å². The van der Waals surface area contributed by atoms with Gasteiger partial charge in [-0.1, -0.05) is 37.3 Å². The first-order valence-corrected chi connectivity index (χ1v) is 7.52. The van der Waals surface area contributed by atoms with Crippen LogP contribution in [-0.2, 0) is 6.42 Å². The maximum Gasteiger partial charge on any atom is 0.0173 e. The molecule has 0 bridgehead atoms. The van der Waals surface area contributed by atoms with Crippen LogP contribution in [0.2, 0.25) is 0 Å². The van der Waals surface area contributed by atoms with Gasteiger partial charge in [0.1, 0.15) is 0 Å². The quantitative estimate of drug-likeness (QED) is 0.824. The van der Waals surface area contributed by atoms with Crippen LogP contribution in [0.15, 0.2) is 47.2 Å². The number of hydrogen-bond acceptors (Lipinski definition) is 2. The average molecular weight is 259 g/mol. The Bertz CT molecular complexity index is 435. The van der Waals surface area contributed by atoms with Gasteiger partial charge >= 0.3 is 0 Å². The molecule has 0 fully saturated rings. The van der Waals surface area contributed by atoms with Crippen LogP contribution in [0.25, 0.3) is 0 Å². The molecule has 2 aromatic rings. The van der Waals surface area contributed by atoms with Gasteiger partial charge < -0.3 is 5.32 Å². The number of rotatable bonds is 6. The standard InChI is InChI=1S/C16H21NS/c1-3-15(14-7-5-4-6-8-14)16(17-2)11-13-9-10-18-12-13/h4-10,12,15-17H,3,11H2,1-2H3. The number of likely N-dealkylation sites (N-methyl/N-ethyl adjacent to an activating group) is 1. The molecule has 0 aliphatic carbocycles. The molecule has 0 spiro atoms. The van der Waals surface area contributed by atoms with Crippen molar-refractivity contribution in [1.29, 1.82) is 0 Å². The average Bonchev–Trinajstić information content (AvgIpc) is 2.92. The van der Waals surface area contributed by atoms with E-state index < -0.39 is 0 Å². The summed E-state index contributed by atoms with van der Waals surface area (Å²) in [5, 5.41) is 7.90. The van der Waals surface area contributed by atoms with Crippen LogP contribution in [-0.4, -0.2) is 13.1 Å². The summed E-state index contributed by atoms with van der Waals surface area (Å²) in [4.78, 5) is 0. The lowest BCUT2D eigenvalue weighted by molar-refractivity contribution is 0.449. The highest BCUT2D eigenvalue weighted by molar-refractivity contribution is 7.07. The minimum Gasteiger partial charge on any atom is -0.316 e. The summed E-state index contributed by atoms with van der Waals surface area (Å²) in [5.74, 6) is 0.580. The predicted octanol–water partition coefficient (Wildman–Crippen LogP) is 4.07. The van der Waals surface area contributed by atoms with E-state index in [0.717, 1.165) is 6.42 Å². The van der Waals surface area contributed by atoms with Crippen molar-refractivity contribution in [3.8, 4) is 0 Å². The molecule has 0 aliphatic heterocycles. The van der Waals surface area contributed by atoms with Gasteiger partial charge in [0, 0.05) is 6.04 Å². The SMILES string of the molecule is CCC(c1ccccc1)C(Cc1ccsc1)NC. The van der Waals surface area contributed by atoms with Gasteiger partial charge in [-0.15, -0.1) is 0 Å². The van der Waals surface area contributed by atoms with Crippen molar-refractivity contribution in [2.75, 3.05) is 7.05 Å². The summed E-state index contributed by atoms with van der Waals surface area (Å²) in [6.07, 6.45) is 2.27. The fraction of sp³-hybridized carbons (Fsp3) is 0.375. The molecular formula is C16H21NS. The molecule has 2 atom stereocenters. The van der Waals surface area contributed by atoms with E-state index in [1.165, 1.54) is 17.5 Å². The largest absolute Gasteiger partial charge is 0.316 e. The van der Waals surface area contributed by atoms with Crippen LogP contribution >= 0.6 is 11.3 Å². The summed E-state index contributed by atoms with van der Waals surface area (Å²) < 4.78 is 0. The van der Waals surface area contributed by atoms with Gasteiger partial charge in [0.2, 0.25) is 0 Å². The number of benzene rings is 1. The Morgan fingerprint density at radius 3 is 2.50 bits per heavy atom. The molecule has 18 heavy (non-hydrogen) atoms. The van der Waals surface area contributed by atoms with Gasteiger partial charge in [-0.25, -0.2) is 0 Å². The number of hydrogen-bond donors (Lipinski definition) is 1. The van der Waals surface area contributed by atoms with Crippen LogP contribution < -0.4 is 5.32 Å². The molecule has 1 aromatic carbocycles. The minimum atomic E-state index is 0.506. The van der Waals surface area contributed by atoms with E-state index in [9.17, 15) is 0 Å². The first-order chi connectivity index (χ1) is 8.85. The van der Waals surface area contributed by atoms with Crippen LogP contribution in [0.3, 0.4) is 0 Å². The Kier molecular flexibility index (Phi) is 4.97.